The molecular formula is C22H30N4O4S. The molecule has 2 fully saturated rings. The zero-order valence-electron chi connectivity index (χ0n) is 17.8. The fourth-order valence-corrected chi connectivity index (χ4v) is 5.59. The van der Waals surface area contributed by atoms with Crippen molar-refractivity contribution in [2.24, 2.45) is 5.92 Å². The Kier molecular flexibility index (Phi) is 8.04. The van der Waals surface area contributed by atoms with E-state index in [1.165, 1.54) is 28.6 Å². The first kappa shape index (κ1) is 23.2. The molecule has 0 saturated carbocycles. The molecule has 0 aliphatic carbocycles. The Morgan fingerprint density at radius 3 is 2.35 bits per heavy atom. The number of benzene rings is 1. The van der Waals surface area contributed by atoms with Crippen LogP contribution < -0.4 is 5.32 Å². The largest absolute Gasteiger partial charge is 0.356 e. The summed E-state index contributed by atoms with van der Waals surface area (Å²) < 4.78 is 27.2. The average molecular weight is 447 g/mol. The highest BCUT2D eigenvalue weighted by molar-refractivity contribution is 7.89. The van der Waals surface area contributed by atoms with Gasteiger partial charge in [-0.2, -0.15) is 9.57 Å². The second kappa shape index (κ2) is 10.7. The Balaban J connectivity index is 1.59. The van der Waals surface area contributed by atoms with E-state index in [0.29, 0.717) is 44.5 Å². The van der Waals surface area contributed by atoms with E-state index in [9.17, 15) is 18.0 Å². The number of sulfonamides is 1. The van der Waals surface area contributed by atoms with Crippen molar-refractivity contribution >= 4 is 21.8 Å². The molecule has 0 unspecified atom stereocenters. The van der Waals surface area contributed by atoms with Gasteiger partial charge in [0.05, 0.1) is 16.5 Å². The summed E-state index contributed by atoms with van der Waals surface area (Å²) in [6.07, 6.45) is 5.19. The summed E-state index contributed by atoms with van der Waals surface area (Å²) in [7, 11) is -3.65. The SMILES string of the molecule is N#Cc1ccc(S(=O)(=O)N2CCC(C(=O)N3CCCCCCNC(=O)CC3)CC2)cc1. The molecule has 9 heteroatoms. The van der Waals surface area contributed by atoms with Crippen LogP contribution in [0.3, 0.4) is 0 Å². The first-order chi connectivity index (χ1) is 14.9. The Labute approximate surface area is 184 Å². The Morgan fingerprint density at radius 1 is 1.00 bits per heavy atom. The lowest BCUT2D eigenvalue weighted by molar-refractivity contribution is -0.137. The third-order valence-corrected chi connectivity index (χ3v) is 7.93. The summed E-state index contributed by atoms with van der Waals surface area (Å²) in [6, 6.07) is 7.87. The normalized spacial score (nSPS) is 20.4. The van der Waals surface area contributed by atoms with Crippen molar-refractivity contribution in [1.29, 1.82) is 5.26 Å². The van der Waals surface area contributed by atoms with Gasteiger partial charge in [-0.1, -0.05) is 12.8 Å². The van der Waals surface area contributed by atoms with Crippen LogP contribution in [0.15, 0.2) is 29.2 Å². The van der Waals surface area contributed by atoms with Gasteiger partial charge in [0.2, 0.25) is 21.8 Å². The third-order valence-electron chi connectivity index (χ3n) is 6.02. The smallest absolute Gasteiger partial charge is 0.243 e. The lowest BCUT2D eigenvalue weighted by atomic mass is 9.96. The van der Waals surface area contributed by atoms with E-state index >= 15 is 0 Å². The lowest BCUT2D eigenvalue weighted by Crippen LogP contribution is -2.45. The molecule has 8 nitrogen and oxygen atoms in total. The molecule has 2 aliphatic rings. The molecule has 2 saturated heterocycles. The highest BCUT2D eigenvalue weighted by Gasteiger charge is 2.33. The summed E-state index contributed by atoms with van der Waals surface area (Å²) in [6.45, 7) is 2.32. The first-order valence-electron chi connectivity index (χ1n) is 11.0. The van der Waals surface area contributed by atoms with Crippen LogP contribution >= 0.6 is 0 Å². The number of carbonyl (C=O) groups excluding carboxylic acids is 2. The van der Waals surface area contributed by atoms with Crippen molar-refractivity contribution in [1.82, 2.24) is 14.5 Å². The summed E-state index contributed by atoms with van der Waals surface area (Å²) in [5.74, 6) is -0.217. The topological polar surface area (TPSA) is 111 Å². The van der Waals surface area contributed by atoms with Gasteiger partial charge in [-0.25, -0.2) is 8.42 Å². The van der Waals surface area contributed by atoms with E-state index in [0.717, 1.165) is 25.7 Å². The van der Waals surface area contributed by atoms with Gasteiger partial charge in [-0.3, -0.25) is 9.59 Å². The molecule has 1 N–H and O–H groups in total. The minimum atomic E-state index is -3.65. The first-order valence-corrected chi connectivity index (χ1v) is 12.4. The van der Waals surface area contributed by atoms with Gasteiger partial charge in [0.25, 0.3) is 0 Å². The van der Waals surface area contributed by atoms with Crippen LogP contribution in [0.2, 0.25) is 0 Å². The quantitative estimate of drug-likeness (QED) is 0.762. The molecule has 1 aromatic rings. The van der Waals surface area contributed by atoms with Crippen LogP contribution in [-0.2, 0) is 19.6 Å². The molecule has 31 heavy (non-hydrogen) atoms. The summed E-state index contributed by atoms with van der Waals surface area (Å²) in [5.41, 5.74) is 0.410. The molecule has 2 heterocycles. The second-order valence-electron chi connectivity index (χ2n) is 8.15. The van der Waals surface area contributed by atoms with Gasteiger partial charge in [0.1, 0.15) is 0 Å². The Bertz CT molecular complexity index is 916. The number of amides is 2. The molecule has 3 rings (SSSR count). The fourth-order valence-electron chi connectivity index (χ4n) is 4.12. The second-order valence-corrected chi connectivity index (χ2v) is 10.1. The predicted molar refractivity (Wildman–Crippen MR) is 115 cm³/mol. The lowest BCUT2D eigenvalue weighted by Gasteiger charge is -2.33. The monoisotopic (exact) mass is 446 g/mol. The number of nitriles is 1. The fraction of sp³-hybridized carbons (Fsp3) is 0.591. The van der Waals surface area contributed by atoms with Crippen molar-refractivity contribution in [3.8, 4) is 6.07 Å². The standard InChI is InChI=1S/C22H30N4O4S/c23-17-18-5-7-20(8-6-18)31(29,30)26-15-9-19(10-16-26)22(28)25-13-4-2-1-3-12-24-21(27)11-14-25/h5-8,19H,1-4,9-16H2,(H,24,27). The van der Waals surface area contributed by atoms with Crippen LogP contribution in [0.25, 0.3) is 0 Å². The number of hydrogen-bond donors (Lipinski definition) is 1. The van der Waals surface area contributed by atoms with Crippen molar-refractivity contribution in [2.75, 3.05) is 32.7 Å². The molecule has 0 aromatic heterocycles. The van der Waals surface area contributed by atoms with Gasteiger partial charge >= 0.3 is 0 Å². The van der Waals surface area contributed by atoms with Crippen LogP contribution in [-0.4, -0.2) is 62.2 Å². The minimum Gasteiger partial charge on any atom is -0.356 e. The molecule has 0 spiro atoms. The molecule has 0 radical (unpaired) electrons. The Morgan fingerprint density at radius 2 is 1.68 bits per heavy atom. The minimum absolute atomic E-state index is 0.0250. The summed E-state index contributed by atoms with van der Waals surface area (Å²) in [5, 5.41) is 11.8. The van der Waals surface area contributed by atoms with E-state index in [2.05, 4.69) is 5.32 Å². The van der Waals surface area contributed by atoms with E-state index in [1.54, 1.807) is 4.90 Å². The maximum atomic E-state index is 13.1. The number of nitrogens with zero attached hydrogens (tertiary/aromatic N) is 3. The zero-order chi connectivity index (χ0) is 22.3. The summed E-state index contributed by atoms with van der Waals surface area (Å²) >= 11 is 0. The van der Waals surface area contributed by atoms with Gasteiger partial charge < -0.3 is 10.2 Å². The van der Waals surface area contributed by atoms with E-state index in [1.807, 2.05) is 6.07 Å². The molecule has 0 bridgehead atoms. The van der Waals surface area contributed by atoms with Crippen LogP contribution in [0, 0.1) is 17.2 Å². The molecule has 0 atom stereocenters. The average Bonchev–Trinajstić information content (AvgIpc) is 2.84. The molecule has 2 amide bonds. The van der Waals surface area contributed by atoms with E-state index in [4.69, 9.17) is 5.26 Å². The van der Waals surface area contributed by atoms with Gasteiger partial charge in [-0.05, 0) is 49.9 Å². The maximum absolute atomic E-state index is 13.1. The summed E-state index contributed by atoms with van der Waals surface area (Å²) in [4.78, 5) is 27.0. The van der Waals surface area contributed by atoms with E-state index < -0.39 is 10.0 Å². The zero-order valence-corrected chi connectivity index (χ0v) is 18.6. The van der Waals surface area contributed by atoms with Crippen molar-refractivity contribution in [3.05, 3.63) is 29.8 Å². The molecule has 1 aromatic carbocycles. The molecular weight excluding hydrogens is 416 g/mol. The van der Waals surface area contributed by atoms with Crippen molar-refractivity contribution in [3.63, 3.8) is 0 Å². The van der Waals surface area contributed by atoms with Crippen LogP contribution in [0.4, 0.5) is 0 Å². The van der Waals surface area contributed by atoms with Crippen molar-refractivity contribution in [2.45, 2.75) is 49.8 Å². The Hall–Kier alpha value is -2.44. The molecule has 168 valence electrons. The van der Waals surface area contributed by atoms with Crippen molar-refractivity contribution < 1.29 is 18.0 Å². The highest BCUT2D eigenvalue weighted by atomic mass is 32.2. The highest BCUT2D eigenvalue weighted by Crippen LogP contribution is 2.25. The number of hydrogen-bond acceptors (Lipinski definition) is 5. The van der Waals surface area contributed by atoms with Crippen LogP contribution in [0.1, 0.15) is 50.5 Å². The number of nitrogens with one attached hydrogen (secondary N) is 1. The van der Waals surface area contributed by atoms with Gasteiger partial charge in [0.15, 0.2) is 0 Å². The maximum Gasteiger partial charge on any atom is 0.243 e. The van der Waals surface area contributed by atoms with Gasteiger partial charge in [-0.15, -0.1) is 0 Å². The van der Waals surface area contributed by atoms with E-state index in [-0.39, 0.29) is 35.7 Å². The van der Waals surface area contributed by atoms with Gasteiger partial charge in [0, 0.05) is 45.1 Å². The number of rotatable bonds is 3. The molecule has 2 aliphatic heterocycles. The number of piperidine rings is 1. The predicted octanol–water partition coefficient (Wildman–Crippen LogP) is 1.87. The number of carbonyl (C=O) groups is 2. The van der Waals surface area contributed by atoms with Crippen LogP contribution in [0.5, 0.6) is 0 Å². The third kappa shape index (κ3) is 6.05.